The van der Waals surface area contributed by atoms with Gasteiger partial charge in [0.2, 0.25) is 0 Å². The Labute approximate surface area is 147 Å². The van der Waals surface area contributed by atoms with Crippen molar-refractivity contribution in [2.24, 2.45) is 0 Å². The van der Waals surface area contributed by atoms with Crippen LogP contribution in [0.3, 0.4) is 0 Å². The number of benzene rings is 2. The Morgan fingerprint density at radius 1 is 0.960 bits per heavy atom. The van der Waals surface area contributed by atoms with Crippen molar-refractivity contribution in [2.75, 3.05) is 0 Å². The van der Waals surface area contributed by atoms with E-state index in [0.29, 0.717) is 5.69 Å². The van der Waals surface area contributed by atoms with Crippen molar-refractivity contribution in [1.29, 1.82) is 0 Å². The summed E-state index contributed by atoms with van der Waals surface area (Å²) in [7, 11) is 0. The van der Waals surface area contributed by atoms with Crippen molar-refractivity contribution >= 4 is 5.91 Å². The van der Waals surface area contributed by atoms with E-state index in [1.165, 1.54) is 5.56 Å². The van der Waals surface area contributed by atoms with E-state index in [-0.39, 0.29) is 17.4 Å². The van der Waals surface area contributed by atoms with Crippen molar-refractivity contribution in [2.45, 2.75) is 32.2 Å². The molecule has 4 heteroatoms. The first-order valence-electron chi connectivity index (χ1n) is 8.50. The first-order chi connectivity index (χ1) is 11.9. The molecule has 2 heterocycles. The number of hydrogen-bond acceptors (Lipinski definition) is 2. The van der Waals surface area contributed by atoms with E-state index in [1.807, 2.05) is 30.3 Å². The summed E-state index contributed by atoms with van der Waals surface area (Å²) in [6.45, 7) is 6.59. The molecule has 1 aromatic heterocycles. The molecule has 1 aliphatic rings. The van der Waals surface area contributed by atoms with Crippen LogP contribution in [0.4, 0.5) is 0 Å². The topological polar surface area (TPSA) is 57.8 Å². The van der Waals surface area contributed by atoms with Crippen LogP contribution in [0.1, 0.15) is 54.0 Å². The molecule has 25 heavy (non-hydrogen) atoms. The molecular weight excluding hydrogens is 310 g/mol. The Balaban J connectivity index is 1.78. The Morgan fingerprint density at radius 3 is 2.28 bits per heavy atom. The Kier molecular flexibility index (Phi) is 3.49. The number of hydrogen-bond donors (Lipinski definition) is 2. The fourth-order valence-corrected chi connectivity index (χ4v) is 3.32. The lowest BCUT2D eigenvalue weighted by molar-refractivity contribution is 0.0955. The molecule has 0 fully saturated rings. The number of rotatable bonds is 2. The molecule has 126 valence electrons. The standard InChI is InChI=1S/C21H21N3O/c1-21(2,3)15-11-9-14(10-12-15)17-16-18(13-7-5-4-6-8-13)23-24-19(16)20(25)22-17/h4-12,17H,1-3H3,(H,22,25)(H,23,24). The molecule has 1 amide bonds. The average Bonchev–Trinajstić information content (AvgIpc) is 3.17. The van der Waals surface area contributed by atoms with Gasteiger partial charge < -0.3 is 5.32 Å². The third kappa shape index (κ3) is 2.64. The van der Waals surface area contributed by atoms with E-state index in [0.717, 1.165) is 22.4 Å². The number of carbonyl (C=O) groups excluding carboxylic acids is 1. The van der Waals surface area contributed by atoms with Crippen LogP contribution in [0.25, 0.3) is 11.3 Å². The van der Waals surface area contributed by atoms with Gasteiger partial charge in [0, 0.05) is 11.1 Å². The number of H-pyrrole nitrogens is 1. The molecule has 1 aliphatic heterocycles. The summed E-state index contributed by atoms with van der Waals surface area (Å²) in [6, 6.07) is 18.3. The molecule has 0 saturated carbocycles. The summed E-state index contributed by atoms with van der Waals surface area (Å²) in [4.78, 5) is 12.3. The van der Waals surface area contributed by atoms with Gasteiger partial charge in [-0.3, -0.25) is 9.89 Å². The van der Waals surface area contributed by atoms with Gasteiger partial charge in [-0.2, -0.15) is 5.10 Å². The van der Waals surface area contributed by atoms with Crippen molar-refractivity contribution in [1.82, 2.24) is 15.5 Å². The number of amides is 1. The molecule has 3 aromatic rings. The van der Waals surface area contributed by atoms with Crippen LogP contribution >= 0.6 is 0 Å². The largest absolute Gasteiger partial charge is 0.340 e. The van der Waals surface area contributed by atoms with Crippen LogP contribution in [0.2, 0.25) is 0 Å². The minimum atomic E-state index is -0.175. The molecular formula is C21H21N3O. The normalized spacial score (nSPS) is 16.6. The SMILES string of the molecule is CC(C)(C)c1ccc(C2NC(=O)c3[nH]nc(-c4ccccc4)c32)cc1. The monoisotopic (exact) mass is 331 g/mol. The maximum absolute atomic E-state index is 12.3. The van der Waals surface area contributed by atoms with Gasteiger partial charge in [0.05, 0.1) is 11.7 Å². The zero-order valence-electron chi connectivity index (χ0n) is 14.6. The van der Waals surface area contributed by atoms with Gasteiger partial charge in [-0.15, -0.1) is 0 Å². The zero-order valence-corrected chi connectivity index (χ0v) is 14.6. The zero-order chi connectivity index (χ0) is 17.6. The molecule has 0 bridgehead atoms. The number of nitrogens with zero attached hydrogens (tertiary/aromatic N) is 1. The number of carbonyl (C=O) groups is 1. The van der Waals surface area contributed by atoms with E-state index in [1.54, 1.807) is 0 Å². The van der Waals surface area contributed by atoms with Gasteiger partial charge in [-0.05, 0) is 16.5 Å². The van der Waals surface area contributed by atoms with E-state index in [4.69, 9.17) is 0 Å². The van der Waals surface area contributed by atoms with Crippen molar-refractivity contribution < 1.29 is 4.79 Å². The van der Waals surface area contributed by atoms with Crippen LogP contribution in [-0.4, -0.2) is 16.1 Å². The average molecular weight is 331 g/mol. The maximum atomic E-state index is 12.3. The number of aromatic nitrogens is 2. The molecule has 0 radical (unpaired) electrons. The van der Waals surface area contributed by atoms with Gasteiger partial charge in [-0.25, -0.2) is 0 Å². The van der Waals surface area contributed by atoms with Crippen LogP contribution in [-0.2, 0) is 5.41 Å². The summed E-state index contributed by atoms with van der Waals surface area (Å²) in [5.41, 5.74) is 5.78. The third-order valence-corrected chi connectivity index (χ3v) is 4.75. The third-order valence-electron chi connectivity index (χ3n) is 4.75. The molecule has 4 nitrogen and oxygen atoms in total. The first-order valence-corrected chi connectivity index (χ1v) is 8.50. The van der Waals surface area contributed by atoms with Crippen LogP contribution in [0.5, 0.6) is 0 Å². The van der Waals surface area contributed by atoms with Gasteiger partial charge in [0.1, 0.15) is 5.69 Å². The summed E-state index contributed by atoms with van der Waals surface area (Å²) in [5, 5.41) is 10.4. The second-order valence-electron chi connectivity index (χ2n) is 7.51. The second kappa shape index (κ2) is 5.59. The highest BCUT2D eigenvalue weighted by Gasteiger charge is 2.35. The van der Waals surface area contributed by atoms with E-state index in [9.17, 15) is 4.79 Å². The first kappa shape index (κ1) is 15.6. The minimum Gasteiger partial charge on any atom is -0.340 e. The maximum Gasteiger partial charge on any atom is 0.270 e. The molecule has 4 rings (SSSR count). The molecule has 0 spiro atoms. The van der Waals surface area contributed by atoms with Crippen molar-refractivity contribution in [3.05, 3.63) is 77.0 Å². The number of fused-ring (bicyclic) bond motifs is 1. The smallest absolute Gasteiger partial charge is 0.270 e. The van der Waals surface area contributed by atoms with Crippen molar-refractivity contribution in [3.63, 3.8) is 0 Å². The molecule has 2 N–H and O–H groups in total. The Hall–Kier alpha value is -2.88. The predicted molar refractivity (Wildman–Crippen MR) is 98.5 cm³/mol. The van der Waals surface area contributed by atoms with Crippen LogP contribution < -0.4 is 5.32 Å². The second-order valence-corrected chi connectivity index (χ2v) is 7.51. The van der Waals surface area contributed by atoms with Gasteiger partial charge in [0.25, 0.3) is 5.91 Å². The predicted octanol–water partition coefficient (Wildman–Crippen LogP) is 4.21. The van der Waals surface area contributed by atoms with E-state index >= 15 is 0 Å². The lowest BCUT2D eigenvalue weighted by Gasteiger charge is -2.20. The quantitative estimate of drug-likeness (QED) is 0.739. The highest BCUT2D eigenvalue weighted by atomic mass is 16.2. The fraction of sp³-hybridized carbons (Fsp3) is 0.238. The van der Waals surface area contributed by atoms with Crippen molar-refractivity contribution in [3.8, 4) is 11.3 Å². The summed E-state index contributed by atoms with van der Waals surface area (Å²) in [6.07, 6.45) is 0. The van der Waals surface area contributed by atoms with Gasteiger partial charge in [0.15, 0.2) is 0 Å². The highest BCUT2D eigenvalue weighted by molar-refractivity contribution is 6.00. The summed E-state index contributed by atoms with van der Waals surface area (Å²) < 4.78 is 0. The van der Waals surface area contributed by atoms with Crippen LogP contribution in [0.15, 0.2) is 54.6 Å². The fourth-order valence-electron chi connectivity index (χ4n) is 3.32. The summed E-state index contributed by atoms with van der Waals surface area (Å²) >= 11 is 0. The Morgan fingerprint density at radius 2 is 1.64 bits per heavy atom. The lowest BCUT2D eigenvalue weighted by Crippen LogP contribution is -2.21. The molecule has 2 aromatic carbocycles. The lowest BCUT2D eigenvalue weighted by atomic mass is 9.86. The molecule has 1 unspecified atom stereocenters. The number of aromatic amines is 1. The van der Waals surface area contributed by atoms with Crippen LogP contribution in [0, 0.1) is 0 Å². The van der Waals surface area contributed by atoms with E-state index in [2.05, 4.69) is 60.6 Å². The summed E-state index contributed by atoms with van der Waals surface area (Å²) in [5.74, 6) is -0.102. The molecule has 1 atom stereocenters. The molecule has 0 aliphatic carbocycles. The molecule has 0 saturated heterocycles. The Bertz CT molecular complexity index is 918. The minimum absolute atomic E-state index is 0.102. The highest BCUT2D eigenvalue weighted by Crippen LogP contribution is 2.37. The number of nitrogens with one attached hydrogen (secondary N) is 2. The van der Waals surface area contributed by atoms with Gasteiger partial charge in [-0.1, -0.05) is 75.4 Å². The van der Waals surface area contributed by atoms with Gasteiger partial charge >= 0.3 is 0 Å². The van der Waals surface area contributed by atoms with E-state index < -0.39 is 0 Å².